The van der Waals surface area contributed by atoms with Crippen LogP contribution in [0, 0.1) is 0 Å². The molecule has 0 bridgehead atoms. The van der Waals surface area contributed by atoms with Gasteiger partial charge in [0.15, 0.2) is 0 Å². The largest absolute Gasteiger partial charge is 0.465 e. The Morgan fingerprint density at radius 3 is 2.62 bits per heavy atom. The first-order valence-electron chi connectivity index (χ1n) is 5.06. The summed E-state index contributed by atoms with van der Waals surface area (Å²) in [6.45, 7) is 4.05. The Labute approximate surface area is 98.7 Å². The van der Waals surface area contributed by atoms with Gasteiger partial charge in [0.25, 0.3) is 0 Å². The molecule has 0 aromatic carbocycles. The number of thioether (sulfide) groups is 1. The quantitative estimate of drug-likeness (QED) is 0.702. The third-order valence-electron chi connectivity index (χ3n) is 1.86. The molecule has 1 heterocycles. The summed E-state index contributed by atoms with van der Waals surface area (Å²) in [4.78, 5) is 23.2. The molecule has 0 radical (unpaired) electrons. The fourth-order valence-electron chi connectivity index (χ4n) is 1.22. The molecule has 0 fully saturated rings. The minimum Gasteiger partial charge on any atom is -0.465 e. The molecule has 0 saturated carbocycles. The summed E-state index contributed by atoms with van der Waals surface area (Å²) in [6, 6.07) is 0. The normalized spacial score (nSPS) is 18.9. The van der Waals surface area contributed by atoms with Crippen molar-refractivity contribution in [3.05, 3.63) is 23.1 Å². The Kier molecular flexibility index (Phi) is 5.11. The van der Waals surface area contributed by atoms with Crippen LogP contribution in [0.1, 0.15) is 13.8 Å². The van der Waals surface area contributed by atoms with Crippen LogP contribution in [-0.4, -0.2) is 30.4 Å². The zero-order chi connectivity index (χ0) is 12.0. The molecule has 0 N–H and O–H groups in total. The molecule has 1 atom stereocenters. The lowest BCUT2D eigenvalue weighted by Crippen LogP contribution is -2.28. The lowest BCUT2D eigenvalue weighted by molar-refractivity contribution is -0.145. The van der Waals surface area contributed by atoms with Crippen LogP contribution in [0.5, 0.6) is 0 Å². The van der Waals surface area contributed by atoms with E-state index in [1.54, 1.807) is 31.4 Å². The van der Waals surface area contributed by atoms with Crippen molar-refractivity contribution < 1.29 is 19.1 Å². The van der Waals surface area contributed by atoms with Gasteiger partial charge in [-0.2, -0.15) is 0 Å². The van der Waals surface area contributed by atoms with Crippen molar-refractivity contribution in [3.63, 3.8) is 0 Å². The maximum atomic E-state index is 11.6. The van der Waals surface area contributed by atoms with E-state index in [1.165, 1.54) is 11.8 Å². The van der Waals surface area contributed by atoms with E-state index >= 15 is 0 Å². The SMILES string of the molecule is CCOC(=O)C1=CC=CSC1C(=O)OCC. The predicted molar refractivity (Wildman–Crippen MR) is 61.9 cm³/mol. The van der Waals surface area contributed by atoms with Crippen molar-refractivity contribution >= 4 is 23.7 Å². The van der Waals surface area contributed by atoms with Gasteiger partial charge in [-0.1, -0.05) is 6.08 Å². The molecule has 1 aliphatic heterocycles. The summed E-state index contributed by atoms with van der Waals surface area (Å²) < 4.78 is 9.78. The Morgan fingerprint density at radius 1 is 1.31 bits per heavy atom. The number of hydrogen-bond acceptors (Lipinski definition) is 5. The molecule has 5 heteroatoms. The minimum atomic E-state index is -0.607. The lowest BCUT2D eigenvalue weighted by atomic mass is 10.1. The average molecular weight is 242 g/mol. The minimum absolute atomic E-state index is 0.292. The van der Waals surface area contributed by atoms with Crippen LogP contribution in [0.25, 0.3) is 0 Å². The molecular weight excluding hydrogens is 228 g/mol. The molecule has 1 rings (SSSR count). The number of carbonyl (C=O) groups is 2. The van der Waals surface area contributed by atoms with Crippen molar-refractivity contribution in [1.29, 1.82) is 0 Å². The summed E-state index contributed by atoms with van der Waals surface area (Å²) in [5.74, 6) is -0.867. The second-order valence-electron chi connectivity index (χ2n) is 2.94. The van der Waals surface area contributed by atoms with E-state index in [0.29, 0.717) is 18.8 Å². The van der Waals surface area contributed by atoms with Crippen LogP contribution in [0.4, 0.5) is 0 Å². The van der Waals surface area contributed by atoms with Gasteiger partial charge >= 0.3 is 11.9 Å². The number of ether oxygens (including phenoxy) is 2. The maximum Gasteiger partial charge on any atom is 0.335 e. The van der Waals surface area contributed by atoms with Gasteiger partial charge in [-0.05, 0) is 25.3 Å². The highest BCUT2D eigenvalue weighted by Crippen LogP contribution is 2.27. The predicted octanol–water partition coefficient (Wildman–Crippen LogP) is 1.67. The van der Waals surface area contributed by atoms with Gasteiger partial charge in [0.1, 0.15) is 5.25 Å². The fourth-order valence-corrected chi connectivity index (χ4v) is 2.04. The summed E-state index contributed by atoms with van der Waals surface area (Å²) in [5, 5.41) is 1.15. The van der Waals surface area contributed by atoms with Crippen LogP contribution in [0.2, 0.25) is 0 Å². The van der Waals surface area contributed by atoms with Gasteiger partial charge < -0.3 is 9.47 Å². The summed E-state index contributed by atoms with van der Waals surface area (Å²) in [7, 11) is 0. The van der Waals surface area contributed by atoms with Gasteiger partial charge in [0.05, 0.1) is 18.8 Å². The summed E-state index contributed by atoms with van der Waals surface area (Å²) in [5.41, 5.74) is 0.341. The molecular formula is C11H14O4S. The Bertz CT molecular complexity index is 333. The second kappa shape index (κ2) is 6.37. The zero-order valence-electron chi connectivity index (χ0n) is 9.26. The third-order valence-corrected chi connectivity index (χ3v) is 2.90. The molecule has 0 amide bonds. The van der Waals surface area contributed by atoms with E-state index in [4.69, 9.17) is 9.47 Å². The van der Waals surface area contributed by atoms with Crippen LogP contribution in [-0.2, 0) is 19.1 Å². The summed E-state index contributed by atoms with van der Waals surface area (Å²) >= 11 is 1.25. The highest BCUT2D eigenvalue weighted by molar-refractivity contribution is 8.03. The number of hydrogen-bond donors (Lipinski definition) is 0. The average Bonchev–Trinajstić information content (AvgIpc) is 2.30. The van der Waals surface area contributed by atoms with E-state index in [9.17, 15) is 9.59 Å². The molecule has 0 aromatic rings. The molecule has 0 saturated heterocycles. The zero-order valence-corrected chi connectivity index (χ0v) is 10.1. The summed E-state index contributed by atoms with van der Waals surface area (Å²) in [6.07, 6.45) is 3.31. The van der Waals surface area contributed by atoms with Crippen LogP contribution < -0.4 is 0 Å². The molecule has 0 aliphatic carbocycles. The first kappa shape index (κ1) is 12.8. The highest BCUT2D eigenvalue weighted by atomic mass is 32.2. The molecule has 0 spiro atoms. The maximum absolute atomic E-state index is 11.6. The fraction of sp³-hybridized carbons (Fsp3) is 0.455. The van der Waals surface area contributed by atoms with Crippen molar-refractivity contribution in [2.45, 2.75) is 19.1 Å². The van der Waals surface area contributed by atoms with Gasteiger partial charge in [-0.3, -0.25) is 4.79 Å². The van der Waals surface area contributed by atoms with Crippen molar-refractivity contribution in [1.82, 2.24) is 0 Å². The van der Waals surface area contributed by atoms with E-state index in [-0.39, 0.29) is 0 Å². The van der Waals surface area contributed by atoms with Crippen molar-refractivity contribution in [2.24, 2.45) is 0 Å². The first-order chi connectivity index (χ1) is 7.70. The molecule has 4 nitrogen and oxygen atoms in total. The van der Waals surface area contributed by atoms with Crippen LogP contribution >= 0.6 is 11.8 Å². The van der Waals surface area contributed by atoms with E-state index < -0.39 is 17.2 Å². The lowest BCUT2D eigenvalue weighted by Gasteiger charge is -2.17. The smallest absolute Gasteiger partial charge is 0.335 e. The van der Waals surface area contributed by atoms with Crippen LogP contribution in [0.15, 0.2) is 23.1 Å². The highest BCUT2D eigenvalue weighted by Gasteiger charge is 2.30. The van der Waals surface area contributed by atoms with Gasteiger partial charge in [0, 0.05) is 0 Å². The van der Waals surface area contributed by atoms with Crippen LogP contribution in [0.3, 0.4) is 0 Å². The molecule has 1 unspecified atom stereocenters. The standard InChI is InChI=1S/C11H14O4S/c1-3-14-10(12)8-6-5-7-16-9(8)11(13)15-4-2/h5-7,9H,3-4H2,1-2H3. The third kappa shape index (κ3) is 3.13. The topological polar surface area (TPSA) is 52.6 Å². The second-order valence-corrected chi connectivity index (χ2v) is 3.95. The number of carbonyl (C=O) groups excluding carboxylic acids is 2. The van der Waals surface area contributed by atoms with E-state index in [2.05, 4.69) is 0 Å². The van der Waals surface area contributed by atoms with Gasteiger partial charge in [0.2, 0.25) is 0 Å². The molecule has 0 aromatic heterocycles. The molecule has 88 valence electrons. The van der Waals surface area contributed by atoms with Crippen molar-refractivity contribution in [2.75, 3.05) is 13.2 Å². The van der Waals surface area contributed by atoms with Gasteiger partial charge in [-0.25, -0.2) is 4.79 Å². The first-order valence-corrected chi connectivity index (χ1v) is 6.00. The Morgan fingerprint density at radius 2 is 2.00 bits per heavy atom. The Balaban J connectivity index is 2.77. The van der Waals surface area contributed by atoms with E-state index in [0.717, 1.165) is 0 Å². The van der Waals surface area contributed by atoms with Gasteiger partial charge in [-0.15, -0.1) is 11.8 Å². The monoisotopic (exact) mass is 242 g/mol. The molecule has 1 aliphatic rings. The number of esters is 2. The van der Waals surface area contributed by atoms with E-state index in [1.807, 2.05) is 0 Å². The Hall–Kier alpha value is -1.23. The number of rotatable bonds is 4. The van der Waals surface area contributed by atoms with Crippen molar-refractivity contribution in [3.8, 4) is 0 Å². The number of allylic oxidation sites excluding steroid dienone is 2. The molecule has 16 heavy (non-hydrogen) atoms.